The van der Waals surface area contributed by atoms with Crippen LogP contribution >= 0.6 is 0 Å². The Morgan fingerprint density at radius 3 is 1.70 bits per heavy atom. The molecule has 0 aromatic rings. The summed E-state index contributed by atoms with van der Waals surface area (Å²) in [5, 5.41) is 10.2. The van der Waals surface area contributed by atoms with Crippen LogP contribution in [0.5, 0.6) is 0 Å². The average molecular weight is 281 g/mol. The van der Waals surface area contributed by atoms with E-state index in [1.807, 2.05) is 0 Å². The Balaban J connectivity index is 3.07. The van der Waals surface area contributed by atoms with Crippen LogP contribution in [0.25, 0.3) is 0 Å². The lowest BCUT2D eigenvalue weighted by Crippen LogP contribution is -2.21. The molecule has 0 radical (unpaired) electrons. The lowest BCUT2D eigenvalue weighted by molar-refractivity contribution is -0.305. The number of allylic oxidation sites excluding steroid dienone is 2. The van der Waals surface area contributed by atoms with E-state index < -0.39 is 5.97 Å². The number of hydrogen-bond donors (Lipinski definition) is 0. The molecule has 0 N–H and O–H groups in total. The SMILES string of the molecule is CCCCCCCCC=CCCCCCCCC(=O)[O-]. The molecule has 0 aromatic carbocycles. The molecule has 0 aliphatic rings. The predicted octanol–water partition coefficient (Wildman–Crippen LogP) is 4.77. The van der Waals surface area contributed by atoms with Crippen LogP contribution in [-0.4, -0.2) is 5.97 Å². The summed E-state index contributed by atoms with van der Waals surface area (Å²) in [5.74, 6) is -0.914. The first-order chi connectivity index (χ1) is 9.77. The molecule has 0 heterocycles. The molecule has 0 bridgehead atoms. The molecule has 0 aliphatic carbocycles. The van der Waals surface area contributed by atoms with Crippen LogP contribution in [0, 0.1) is 0 Å². The highest BCUT2D eigenvalue weighted by Crippen LogP contribution is 2.09. The Hall–Kier alpha value is -0.790. The lowest BCUT2D eigenvalue weighted by atomic mass is 10.1. The van der Waals surface area contributed by atoms with E-state index in [2.05, 4.69) is 19.1 Å². The van der Waals surface area contributed by atoms with E-state index in [-0.39, 0.29) is 6.42 Å². The van der Waals surface area contributed by atoms with Gasteiger partial charge in [0.05, 0.1) is 0 Å². The number of aliphatic carboxylic acids is 1. The van der Waals surface area contributed by atoms with Crippen LogP contribution in [-0.2, 0) is 4.79 Å². The number of unbranched alkanes of at least 4 members (excludes halogenated alkanes) is 11. The molecule has 0 aromatic heterocycles. The zero-order valence-electron chi connectivity index (χ0n) is 13.4. The third-order valence-electron chi connectivity index (χ3n) is 3.64. The van der Waals surface area contributed by atoms with Gasteiger partial charge in [0.15, 0.2) is 0 Å². The highest BCUT2D eigenvalue weighted by Gasteiger charge is 1.91. The summed E-state index contributed by atoms with van der Waals surface area (Å²) in [4.78, 5) is 10.2. The summed E-state index contributed by atoms with van der Waals surface area (Å²) >= 11 is 0. The largest absolute Gasteiger partial charge is 0.550 e. The zero-order chi connectivity index (χ0) is 14.9. The van der Waals surface area contributed by atoms with Gasteiger partial charge in [0.1, 0.15) is 0 Å². The van der Waals surface area contributed by atoms with Crippen molar-refractivity contribution in [3.8, 4) is 0 Å². The van der Waals surface area contributed by atoms with E-state index in [9.17, 15) is 9.90 Å². The first-order valence-electron chi connectivity index (χ1n) is 8.62. The van der Waals surface area contributed by atoms with E-state index in [0.29, 0.717) is 0 Å². The van der Waals surface area contributed by atoms with E-state index in [1.54, 1.807) is 0 Å². The van der Waals surface area contributed by atoms with Crippen molar-refractivity contribution in [2.24, 2.45) is 0 Å². The quantitative estimate of drug-likeness (QED) is 0.320. The molecule has 2 heteroatoms. The Morgan fingerprint density at radius 2 is 1.20 bits per heavy atom. The van der Waals surface area contributed by atoms with Crippen LogP contribution in [0.2, 0.25) is 0 Å². The first kappa shape index (κ1) is 19.2. The Labute approximate surface area is 125 Å². The van der Waals surface area contributed by atoms with Gasteiger partial charge in [-0.3, -0.25) is 0 Å². The fourth-order valence-corrected chi connectivity index (χ4v) is 2.34. The maximum absolute atomic E-state index is 10.2. The van der Waals surface area contributed by atoms with Gasteiger partial charge in [-0.05, 0) is 38.5 Å². The van der Waals surface area contributed by atoms with Crippen molar-refractivity contribution < 1.29 is 9.90 Å². The van der Waals surface area contributed by atoms with Crippen molar-refractivity contribution in [1.29, 1.82) is 0 Å². The second-order valence-electron chi connectivity index (χ2n) is 5.71. The summed E-state index contributed by atoms with van der Waals surface area (Å²) < 4.78 is 0. The molecule has 0 spiro atoms. The molecule has 0 atom stereocenters. The fraction of sp³-hybridized carbons (Fsp3) is 0.833. The van der Waals surface area contributed by atoms with Crippen molar-refractivity contribution in [3.63, 3.8) is 0 Å². The molecule has 20 heavy (non-hydrogen) atoms. The standard InChI is InChI=1S/C18H34O2/c1-2-3-4-5-6-7-8-9-10-11-12-13-14-15-16-17-18(19)20/h9-10H,2-8,11-17H2,1H3,(H,19,20)/p-1. The summed E-state index contributed by atoms with van der Waals surface area (Å²) in [6.45, 7) is 2.26. The third kappa shape index (κ3) is 17.2. The van der Waals surface area contributed by atoms with Crippen LogP contribution < -0.4 is 5.11 Å². The molecule has 2 nitrogen and oxygen atoms in total. The van der Waals surface area contributed by atoms with Crippen molar-refractivity contribution in [2.45, 2.75) is 96.8 Å². The molecule has 0 saturated carbocycles. The van der Waals surface area contributed by atoms with Crippen molar-refractivity contribution in [1.82, 2.24) is 0 Å². The lowest BCUT2D eigenvalue weighted by Gasteiger charge is -2.01. The van der Waals surface area contributed by atoms with Crippen molar-refractivity contribution in [2.75, 3.05) is 0 Å². The average Bonchev–Trinajstić information content (AvgIpc) is 2.43. The number of rotatable bonds is 15. The van der Waals surface area contributed by atoms with Gasteiger partial charge in [-0.1, -0.05) is 70.4 Å². The van der Waals surface area contributed by atoms with Gasteiger partial charge in [-0.25, -0.2) is 0 Å². The number of carbonyl (C=O) groups is 1. The van der Waals surface area contributed by atoms with Gasteiger partial charge < -0.3 is 9.90 Å². The number of carboxylic acids is 1. The molecule has 0 rings (SSSR count). The molecular weight excluding hydrogens is 248 g/mol. The summed E-state index contributed by atoms with van der Waals surface area (Å²) in [7, 11) is 0. The minimum absolute atomic E-state index is 0.220. The van der Waals surface area contributed by atoms with Crippen molar-refractivity contribution >= 4 is 5.97 Å². The summed E-state index contributed by atoms with van der Waals surface area (Å²) in [6.07, 6.45) is 20.9. The predicted molar refractivity (Wildman–Crippen MR) is 84.5 cm³/mol. The van der Waals surface area contributed by atoms with Gasteiger partial charge in [0.2, 0.25) is 0 Å². The van der Waals surface area contributed by atoms with E-state index in [0.717, 1.165) is 19.3 Å². The monoisotopic (exact) mass is 281 g/mol. The van der Waals surface area contributed by atoms with Gasteiger partial charge in [-0.2, -0.15) is 0 Å². The minimum atomic E-state index is -0.914. The molecule has 0 aliphatic heterocycles. The first-order valence-corrected chi connectivity index (χ1v) is 8.62. The molecule has 0 saturated heterocycles. The van der Waals surface area contributed by atoms with Crippen LogP contribution in [0.4, 0.5) is 0 Å². The smallest absolute Gasteiger partial charge is 0.0414 e. The third-order valence-corrected chi connectivity index (χ3v) is 3.64. The molecule has 118 valence electrons. The maximum atomic E-state index is 10.2. The Morgan fingerprint density at radius 1 is 0.750 bits per heavy atom. The second-order valence-corrected chi connectivity index (χ2v) is 5.71. The Bertz CT molecular complexity index is 234. The zero-order valence-corrected chi connectivity index (χ0v) is 13.4. The molecule has 0 unspecified atom stereocenters. The normalized spacial score (nSPS) is 11.2. The van der Waals surface area contributed by atoms with Crippen LogP contribution in [0.15, 0.2) is 12.2 Å². The topological polar surface area (TPSA) is 40.1 Å². The van der Waals surface area contributed by atoms with Gasteiger partial charge in [-0.15, -0.1) is 0 Å². The maximum Gasteiger partial charge on any atom is 0.0414 e. The molecular formula is C18H33O2-. The van der Waals surface area contributed by atoms with Crippen LogP contribution in [0.1, 0.15) is 96.8 Å². The molecule has 0 fully saturated rings. The number of carboxylic acid groups (broad SMARTS) is 1. The van der Waals surface area contributed by atoms with E-state index >= 15 is 0 Å². The molecule has 0 amide bonds. The van der Waals surface area contributed by atoms with Gasteiger partial charge in [0, 0.05) is 5.97 Å². The summed E-state index contributed by atoms with van der Waals surface area (Å²) in [5.41, 5.74) is 0. The highest BCUT2D eigenvalue weighted by molar-refractivity contribution is 5.63. The van der Waals surface area contributed by atoms with E-state index in [4.69, 9.17) is 0 Å². The van der Waals surface area contributed by atoms with Gasteiger partial charge >= 0.3 is 0 Å². The minimum Gasteiger partial charge on any atom is -0.550 e. The highest BCUT2D eigenvalue weighted by atomic mass is 16.4. The van der Waals surface area contributed by atoms with Crippen LogP contribution in [0.3, 0.4) is 0 Å². The summed E-state index contributed by atoms with van der Waals surface area (Å²) in [6, 6.07) is 0. The van der Waals surface area contributed by atoms with E-state index in [1.165, 1.54) is 64.2 Å². The van der Waals surface area contributed by atoms with Crippen molar-refractivity contribution in [3.05, 3.63) is 12.2 Å². The number of hydrogen-bond acceptors (Lipinski definition) is 2. The Kier molecular flexibility index (Phi) is 15.6. The second kappa shape index (κ2) is 16.3. The van der Waals surface area contributed by atoms with Gasteiger partial charge in [0.25, 0.3) is 0 Å². The fourth-order valence-electron chi connectivity index (χ4n) is 2.34. The number of carbonyl (C=O) groups excluding carboxylic acids is 1.